The van der Waals surface area contributed by atoms with E-state index in [0.717, 1.165) is 51.3 Å². The van der Waals surface area contributed by atoms with E-state index in [4.69, 9.17) is 15.0 Å². The number of aromatic nitrogens is 2. The van der Waals surface area contributed by atoms with Gasteiger partial charge < -0.3 is 9.30 Å². The Hall–Kier alpha value is -2.16. The number of piperidine rings is 1. The summed E-state index contributed by atoms with van der Waals surface area (Å²) < 4.78 is 8.06. The highest BCUT2D eigenvalue weighted by atomic mass is 16.5. The Labute approximate surface area is 161 Å². The number of aryl methyl sites for hydroxylation is 1. The van der Waals surface area contributed by atoms with Gasteiger partial charge in [-0.1, -0.05) is 12.1 Å². The number of hydrogen-bond donors (Lipinski definition) is 0. The lowest BCUT2D eigenvalue weighted by molar-refractivity contribution is 0.0812. The van der Waals surface area contributed by atoms with Gasteiger partial charge >= 0.3 is 0 Å². The first-order valence-corrected chi connectivity index (χ1v) is 10.1. The molecule has 5 nitrogen and oxygen atoms in total. The molecule has 0 N–H and O–H groups in total. The number of imidazole rings is 1. The van der Waals surface area contributed by atoms with Crippen molar-refractivity contribution in [3.05, 3.63) is 53.1 Å². The Morgan fingerprint density at radius 3 is 2.93 bits per heavy atom. The van der Waals surface area contributed by atoms with Gasteiger partial charge in [-0.3, -0.25) is 4.90 Å². The molecule has 2 saturated heterocycles. The predicted octanol–water partition coefficient (Wildman–Crippen LogP) is 3.79. The van der Waals surface area contributed by atoms with Crippen molar-refractivity contribution in [1.29, 1.82) is 5.26 Å². The molecule has 0 bridgehead atoms. The molecule has 0 amide bonds. The summed E-state index contributed by atoms with van der Waals surface area (Å²) in [5.74, 6) is 1.78. The zero-order valence-electron chi connectivity index (χ0n) is 16.1. The summed E-state index contributed by atoms with van der Waals surface area (Å²) in [6.07, 6.45) is 6.61. The summed E-state index contributed by atoms with van der Waals surface area (Å²) in [4.78, 5) is 7.32. The molecule has 0 radical (unpaired) electrons. The zero-order chi connectivity index (χ0) is 18.6. The first kappa shape index (κ1) is 18.2. The van der Waals surface area contributed by atoms with Gasteiger partial charge in [-0.2, -0.15) is 5.26 Å². The maximum absolute atomic E-state index is 9.14. The number of benzene rings is 1. The van der Waals surface area contributed by atoms with E-state index in [-0.39, 0.29) is 0 Å². The lowest BCUT2D eigenvalue weighted by Crippen LogP contribution is -2.37. The molecule has 2 aliphatic heterocycles. The van der Waals surface area contributed by atoms with E-state index in [2.05, 4.69) is 28.5 Å². The number of rotatable bonds is 4. The van der Waals surface area contributed by atoms with Crippen LogP contribution < -0.4 is 0 Å². The van der Waals surface area contributed by atoms with Crippen LogP contribution in [0.1, 0.15) is 60.3 Å². The molecule has 2 aliphatic rings. The van der Waals surface area contributed by atoms with Crippen LogP contribution in [0.3, 0.4) is 0 Å². The van der Waals surface area contributed by atoms with Crippen LogP contribution in [0.2, 0.25) is 0 Å². The smallest absolute Gasteiger partial charge is 0.112 e. The van der Waals surface area contributed by atoms with Gasteiger partial charge in [-0.15, -0.1) is 0 Å². The molecule has 0 spiro atoms. The number of nitriles is 1. The lowest BCUT2D eigenvalue weighted by atomic mass is 9.97. The third kappa shape index (κ3) is 4.07. The molecule has 5 heteroatoms. The molecule has 2 aromatic rings. The molecule has 0 aliphatic carbocycles. The molecule has 2 fully saturated rings. The predicted molar refractivity (Wildman–Crippen MR) is 104 cm³/mol. The third-order valence-electron chi connectivity index (χ3n) is 5.90. The van der Waals surface area contributed by atoms with Gasteiger partial charge in [-0.25, -0.2) is 4.98 Å². The number of likely N-dealkylation sites (tertiary alicyclic amines) is 1. The highest BCUT2D eigenvalue weighted by molar-refractivity contribution is 5.32. The van der Waals surface area contributed by atoms with Gasteiger partial charge in [-0.05, 0) is 56.8 Å². The normalized spacial score (nSPS) is 21.9. The topological polar surface area (TPSA) is 54.1 Å². The molecule has 27 heavy (non-hydrogen) atoms. The molecular formula is C22H28N4O. The van der Waals surface area contributed by atoms with Gasteiger partial charge in [0.05, 0.1) is 11.6 Å². The summed E-state index contributed by atoms with van der Waals surface area (Å²) in [6, 6.07) is 10.7. The molecule has 4 rings (SSSR count). The molecule has 3 heterocycles. The lowest BCUT2D eigenvalue weighted by Gasteiger charge is -2.36. The first-order chi connectivity index (χ1) is 13.2. The number of nitrogens with zero attached hydrogens (tertiary/aromatic N) is 4. The van der Waals surface area contributed by atoms with Crippen LogP contribution in [-0.2, 0) is 11.3 Å². The number of hydrogen-bond acceptors (Lipinski definition) is 4. The van der Waals surface area contributed by atoms with Crippen LogP contribution in [0, 0.1) is 18.3 Å². The van der Waals surface area contributed by atoms with Crippen LogP contribution in [0.25, 0.3) is 0 Å². The molecule has 1 atom stereocenters. The van der Waals surface area contributed by atoms with Crippen LogP contribution >= 0.6 is 0 Å². The average molecular weight is 364 g/mol. The first-order valence-electron chi connectivity index (χ1n) is 10.1. The zero-order valence-corrected chi connectivity index (χ0v) is 16.1. The largest absolute Gasteiger partial charge is 0.381 e. The fourth-order valence-electron chi connectivity index (χ4n) is 4.58. The maximum atomic E-state index is 9.14. The van der Waals surface area contributed by atoms with Crippen molar-refractivity contribution in [2.75, 3.05) is 26.3 Å². The van der Waals surface area contributed by atoms with Gasteiger partial charge in [0.2, 0.25) is 0 Å². The average Bonchev–Trinajstić information content (AvgIpc) is 3.10. The van der Waals surface area contributed by atoms with Gasteiger partial charge in [0.1, 0.15) is 5.82 Å². The van der Waals surface area contributed by atoms with Crippen molar-refractivity contribution in [3.63, 3.8) is 0 Å². The van der Waals surface area contributed by atoms with Crippen LogP contribution in [0.15, 0.2) is 30.5 Å². The third-order valence-corrected chi connectivity index (χ3v) is 5.90. The van der Waals surface area contributed by atoms with Crippen LogP contribution in [0.4, 0.5) is 0 Å². The Morgan fingerprint density at radius 1 is 1.26 bits per heavy atom. The molecule has 1 unspecified atom stereocenters. The van der Waals surface area contributed by atoms with Crippen molar-refractivity contribution in [3.8, 4) is 6.07 Å². The molecule has 142 valence electrons. The standard InChI is InChI=1S/C22H28N4O/c1-17-14-24-22(20-7-10-27-11-8-20)26(17)21-6-3-9-25(16-21)15-19-5-2-4-18(12-19)13-23/h2,4-5,12,14,20-21H,3,6-11,15-16H2,1H3. The van der Waals surface area contributed by atoms with Crippen LogP contribution in [0.5, 0.6) is 0 Å². The monoisotopic (exact) mass is 364 g/mol. The highest BCUT2D eigenvalue weighted by Crippen LogP contribution is 2.32. The minimum Gasteiger partial charge on any atom is -0.381 e. The van der Waals surface area contributed by atoms with Crippen molar-refractivity contribution in [1.82, 2.24) is 14.5 Å². The van der Waals surface area contributed by atoms with Crippen molar-refractivity contribution in [2.45, 2.75) is 51.1 Å². The van der Waals surface area contributed by atoms with E-state index in [0.29, 0.717) is 12.0 Å². The Bertz CT molecular complexity index is 816. The van der Waals surface area contributed by atoms with Crippen molar-refractivity contribution in [2.24, 2.45) is 0 Å². The highest BCUT2D eigenvalue weighted by Gasteiger charge is 2.28. The second-order valence-electron chi connectivity index (χ2n) is 7.86. The van der Waals surface area contributed by atoms with E-state index in [1.165, 1.54) is 29.9 Å². The van der Waals surface area contributed by atoms with E-state index < -0.39 is 0 Å². The van der Waals surface area contributed by atoms with E-state index in [9.17, 15) is 0 Å². The van der Waals surface area contributed by atoms with E-state index >= 15 is 0 Å². The minimum absolute atomic E-state index is 0.484. The maximum Gasteiger partial charge on any atom is 0.112 e. The Kier molecular flexibility index (Phi) is 5.56. The summed E-state index contributed by atoms with van der Waals surface area (Å²) in [5.41, 5.74) is 3.24. The van der Waals surface area contributed by atoms with E-state index in [1.54, 1.807) is 0 Å². The quantitative estimate of drug-likeness (QED) is 0.828. The minimum atomic E-state index is 0.484. The molecule has 1 aromatic carbocycles. The Morgan fingerprint density at radius 2 is 2.11 bits per heavy atom. The van der Waals surface area contributed by atoms with Gasteiger partial charge in [0.15, 0.2) is 0 Å². The Balaban J connectivity index is 1.50. The van der Waals surface area contributed by atoms with Crippen LogP contribution in [-0.4, -0.2) is 40.8 Å². The van der Waals surface area contributed by atoms with Crippen molar-refractivity contribution >= 4 is 0 Å². The van der Waals surface area contributed by atoms with Gasteiger partial charge in [0.25, 0.3) is 0 Å². The summed E-state index contributed by atoms with van der Waals surface area (Å²) in [6.45, 7) is 6.96. The van der Waals surface area contributed by atoms with E-state index in [1.807, 2.05) is 24.4 Å². The summed E-state index contributed by atoms with van der Waals surface area (Å²) in [7, 11) is 0. The summed E-state index contributed by atoms with van der Waals surface area (Å²) in [5, 5.41) is 9.14. The fourth-order valence-corrected chi connectivity index (χ4v) is 4.58. The molecular weight excluding hydrogens is 336 g/mol. The SMILES string of the molecule is Cc1cnc(C2CCOCC2)n1C1CCCN(Cc2cccc(C#N)c2)C1. The molecule has 1 aromatic heterocycles. The van der Waals surface area contributed by atoms with Crippen molar-refractivity contribution < 1.29 is 4.74 Å². The summed E-state index contributed by atoms with van der Waals surface area (Å²) >= 11 is 0. The van der Waals surface area contributed by atoms with Gasteiger partial charge in [0, 0.05) is 50.2 Å². The second kappa shape index (κ2) is 8.24. The number of ether oxygens (including phenoxy) is 1. The molecule has 0 saturated carbocycles. The fraction of sp³-hybridized carbons (Fsp3) is 0.545. The second-order valence-corrected chi connectivity index (χ2v) is 7.86.